The van der Waals surface area contributed by atoms with Gasteiger partial charge >= 0.3 is 0 Å². The van der Waals surface area contributed by atoms with Crippen molar-refractivity contribution < 1.29 is 4.79 Å². The zero-order valence-electron chi connectivity index (χ0n) is 11.7. The summed E-state index contributed by atoms with van der Waals surface area (Å²) in [5.74, 6) is 0.282. The van der Waals surface area contributed by atoms with Crippen LogP contribution in [-0.4, -0.2) is 11.4 Å². The van der Waals surface area contributed by atoms with E-state index in [9.17, 15) is 4.79 Å². The number of carbonyl (C=O) groups is 1. The third-order valence-corrected chi connectivity index (χ3v) is 3.98. The summed E-state index contributed by atoms with van der Waals surface area (Å²) in [4.78, 5) is 11.6. The van der Waals surface area contributed by atoms with E-state index in [1.807, 2.05) is 0 Å². The molecule has 0 spiro atoms. The minimum absolute atomic E-state index is 0.152. The molecule has 1 aliphatic heterocycles. The third-order valence-electron chi connectivity index (χ3n) is 3.98. The Morgan fingerprint density at radius 1 is 1.06 bits per heavy atom. The summed E-state index contributed by atoms with van der Waals surface area (Å²) in [7, 11) is 0. The summed E-state index contributed by atoms with van der Waals surface area (Å²) < 4.78 is 0. The maximum atomic E-state index is 11.6. The molecule has 0 aromatic heterocycles. The highest BCUT2D eigenvalue weighted by molar-refractivity contribution is 5.77. The molecule has 0 atom stereocenters. The van der Waals surface area contributed by atoms with Crippen LogP contribution in [0.1, 0.15) is 84.5 Å². The maximum Gasteiger partial charge on any atom is 0.220 e. The summed E-state index contributed by atoms with van der Waals surface area (Å²) in [6, 6.07) is 0. The van der Waals surface area contributed by atoms with Gasteiger partial charge in [-0.25, -0.2) is 0 Å². The molecule has 0 unspecified atom stereocenters. The predicted molar refractivity (Wildman–Crippen MR) is 73.0 cm³/mol. The number of amides is 1. The van der Waals surface area contributed by atoms with Gasteiger partial charge in [0.15, 0.2) is 0 Å². The monoisotopic (exact) mass is 239 g/mol. The van der Waals surface area contributed by atoms with Crippen LogP contribution in [0.3, 0.4) is 0 Å². The summed E-state index contributed by atoms with van der Waals surface area (Å²) in [5, 5.41) is 3.31. The van der Waals surface area contributed by atoms with Gasteiger partial charge in [-0.2, -0.15) is 0 Å². The largest absolute Gasteiger partial charge is 0.351 e. The second kappa shape index (κ2) is 7.73. The SMILES string of the molecule is CCCCCC1(CCCCC)CCCC(=O)N1. The molecule has 0 bridgehead atoms. The number of unbranched alkanes of at least 4 members (excludes halogenated alkanes) is 4. The standard InChI is InChI=1S/C15H29NO/c1-3-5-7-11-15(12-8-6-4-2)13-9-10-14(17)16-15/h3-13H2,1-2H3,(H,16,17). The lowest BCUT2D eigenvalue weighted by atomic mass is 9.80. The highest BCUT2D eigenvalue weighted by Crippen LogP contribution is 2.31. The first-order valence-corrected chi connectivity index (χ1v) is 7.53. The normalized spacial score (nSPS) is 19.1. The molecule has 2 heteroatoms. The lowest BCUT2D eigenvalue weighted by molar-refractivity contribution is -0.125. The fraction of sp³-hybridized carbons (Fsp3) is 0.933. The van der Waals surface area contributed by atoms with E-state index in [0.717, 1.165) is 12.8 Å². The van der Waals surface area contributed by atoms with Crippen LogP contribution in [0.4, 0.5) is 0 Å². The fourth-order valence-electron chi connectivity index (χ4n) is 2.93. The Kier molecular flexibility index (Phi) is 6.61. The first-order chi connectivity index (χ1) is 8.22. The van der Waals surface area contributed by atoms with Crippen LogP contribution in [0.5, 0.6) is 0 Å². The van der Waals surface area contributed by atoms with Gasteiger partial charge < -0.3 is 5.32 Å². The van der Waals surface area contributed by atoms with Crippen LogP contribution in [0.2, 0.25) is 0 Å². The summed E-state index contributed by atoms with van der Waals surface area (Å²) in [5.41, 5.74) is 0.152. The van der Waals surface area contributed by atoms with E-state index >= 15 is 0 Å². The van der Waals surface area contributed by atoms with Gasteiger partial charge in [-0.1, -0.05) is 52.4 Å². The molecule has 17 heavy (non-hydrogen) atoms. The molecule has 0 radical (unpaired) electrons. The molecule has 0 aromatic rings. The van der Waals surface area contributed by atoms with Crippen molar-refractivity contribution in [3.05, 3.63) is 0 Å². The number of rotatable bonds is 8. The van der Waals surface area contributed by atoms with E-state index in [-0.39, 0.29) is 11.4 Å². The van der Waals surface area contributed by atoms with E-state index in [1.54, 1.807) is 0 Å². The van der Waals surface area contributed by atoms with Crippen LogP contribution in [-0.2, 0) is 4.79 Å². The van der Waals surface area contributed by atoms with Gasteiger partial charge in [0, 0.05) is 12.0 Å². The van der Waals surface area contributed by atoms with Crippen molar-refractivity contribution in [1.82, 2.24) is 5.32 Å². The van der Waals surface area contributed by atoms with Gasteiger partial charge in [0.2, 0.25) is 5.91 Å². The second-order valence-electron chi connectivity index (χ2n) is 5.60. The van der Waals surface area contributed by atoms with Crippen LogP contribution < -0.4 is 5.32 Å². The molecular weight excluding hydrogens is 210 g/mol. The van der Waals surface area contributed by atoms with Crippen molar-refractivity contribution in [3.8, 4) is 0 Å². The van der Waals surface area contributed by atoms with Crippen molar-refractivity contribution in [1.29, 1.82) is 0 Å². The van der Waals surface area contributed by atoms with Gasteiger partial charge in [-0.15, -0.1) is 0 Å². The Labute approximate surface area is 107 Å². The maximum absolute atomic E-state index is 11.6. The van der Waals surface area contributed by atoms with Gasteiger partial charge in [0.1, 0.15) is 0 Å². The predicted octanol–water partition coefficient (Wildman–Crippen LogP) is 4.19. The van der Waals surface area contributed by atoms with E-state index in [1.165, 1.54) is 57.8 Å². The Hall–Kier alpha value is -0.530. The van der Waals surface area contributed by atoms with E-state index in [0.29, 0.717) is 0 Å². The zero-order valence-corrected chi connectivity index (χ0v) is 11.7. The number of carbonyl (C=O) groups excluding carboxylic acids is 1. The highest BCUT2D eigenvalue weighted by atomic mass is 16.1. The number of nitrogens with one attached hydrogen (secondary N) is 1. The molecule has 1 heterocycles. The van der Waals surface area contributed by atoms with Crippen molar-refractivity contribution in [3.63, 3.8) is 0 Å². The first-order valence-electron chi connectivity index (χ1n) is 7.53. The average Bonchev–Trinajstić information content (AvgIpc) is 2.30. The Morgan fingerprint density at radius 2 is 1.65 bits per heavy atom. The van der Waals surface area contributed by atoms with Crippen LogP contribution in [0.15, 0.2) is 0 Å². The highest BCUT2D eigenvalue weighted by Gasteiger charge is 2.33. The molecule has 100 valence electrons. The topological polar surface area (TPSA) is 29.1 Å². The number of hydrogen-bond donors (Lipinski definition) is 1. The van der Waals surface area contributed by atoms with Crippen LogP contribution in [0.25, 0.3) is 0 Å². The molecule has 1 fully saturated rings. The fourth-order valence-corrected chi connectivity index (χ4v) is 2.93. The summed E-state index contributed by atoms with van der Waals surface area (Å²) in [6.07, 6.45) is 13.1. The van der Waals surface area contributed by atoms with Crippen LogP contribution in [0, 0.1) is 0 Å². The molecule has 1 rings (SSSR count). The van der Waals surface area contributed by atoms with Crippen molar-refractivity contribution in [2.45, 2.75) is 90.0 Å². The van der Waals surface area contributed by atoms with Crippen molar-refractivity contribution in [2.75, 3.05) is 0 Å². The molecule has 1 N–H and O–H groups in total. The summed E-state index contributed by atoms with van der Waals surface area (Å²) >= 11 is 0. The van der Waals surface area contributed by atoms with Gasteiger partial charge in [-0.05, 0) is 25.7 Å². The average molecular weight is 239 g/mol. The Morgan fingerprint density at radius 3 is 2.12 bits per heavy atom. The quantitative estimate of drug-likeness (QED) is 0.632. The minimum Gasteiger partial charge on any atom is -0.351 e. The lowest BCUT2D eigenvalue weighted by Crippen LogP contribution is -2.51. The Bertz CT molecular complexity index is 215. The molecule has 1 aliphatic rings. The molecule has 0 aromatic carbocycles. The summed E-state index contributed by atoms with van der Waals surface area (Å²) in [6.45, 7) is 4.48. The minimum atomic E-state index is 0.152. The molecule has 0 saturated carbocycles. The smallest absolute Gasteiger partial charge is 0.220 e. The second-order valence-corrected chi connectivity index (χ2v) is 5.60. The molecular formula is C15H29NO. The van der Waals surface area contributed by atoms with Gasteiger partial charge in [0.05, 0.1) is 0 Å². The molecule has 1 saturated heterocycles. The van der Waals surface area contributed by atoms with Crippen LogP contribution >= 0.6 is 0 Å². The van der Waals surface area contributed by atoms with Gasteiger partial charge in [0.25, 0.3) is 0 Å². The molecule has 2 nitrogen and oxygen atoms in total. The van der Waals surface area contributed by atoms with Crippen molar-refractivity contribution in [2.24, 2.45) is 0 Å². The van der Waals surface area contributed by atoms with Crippen molar-refractivity contribution >= 4 is 5.91 Å². The lowest BCUT2D eigenvalue weighted by Gasteiger charge is -2.38. The Balaban J connectivity index is 2.46. The van der Waals surface area contributed by atoms with E-state index in [4.69, 9.17) is 0 Å². The van der Waals surface area contributed by atoms with Gasteiger partial charge in [-0.3, -0.25) is 4.79 Å². The van der Waals surface area contributed by atoms with E-state index < -0.39 is 0 Å². The zero-order chi connectivity index (χ0) is 12.6. The number of hydrogen-bond acceptors (Lipinski definition) is 1. The number of piperidine rings is 1. The first kappa shape index (κ1) is 14.5. The van der Waals surface area contributed by atoms with E-state index in [2.05, 4.69) is 19.2 Å². The molecule has 1 amide bonds. The third kappa shape index (κ3) is 5.10. The molecule has 0 aliphatic carbocycles.